The van der Waals surface area contributed by atoms with Crippen LogP contribution >= 0.6 is 0 Å². The lowest BCUT2D eigenvalue weighted by molar-refractivity contribution is -0.158. The molecule has 0 heterocycles. The predicted molar refractivity (Wildman–Crippen MR) is 79.0 cm³/mol. The molecule has 0 saturated heterocycles. The summed E-state index contributed by atoms with van der Waals surface area (Å²) in [5.74, 6) is -2.15. The molecule has 8 heteroatoms. The summed E-state index contributed by atoms with van der Waals surface area (Å²) in [6.07, 6.45) is -5.65. The van der Waals surface area contributed by atoms with Crippen molar-refractivity contribution in [1.82, 2.24) is 0 Å². The van der Waals surface area contributed by atoms with Crippen molar-refractivity contribution < 1.29 is 39.9 Å². The second-order valence-corrected chi connectivity index (χ2v) is 6.07. The van der Waals surface area contributed by atoms with Gasteiger partial charge in [-0.15, -0.1) is 0 Å². The normalized spacial score (nSPS) is 32.5. The van der Waals surface area contributed by atoms with Crippen molar-refractivity contribution >= 4 is 11.6 Å². The Morgan fingerprint density at radius 1 is 1.08 bits per heavy atom. The van der Waals surface area contributed by atoms with Crippen molar-refractivity contribution in [2.75, 3.05) is 7.11 Å². The molecule has 2 aliphatic rings. The van der Waals surface area contributed by atoms with E-state index >= 15 is 0 Å². The number of aliphatic hydroxyl groups is 4. The lowest BCUT2D eigenvalue weighted by Crippen LogP contribution is -2.61. The highest BCUT2D eigenvalue weighted by molar-refractivity contribution is 6.29. The topological polar surface area (TPSA) is 145 Å². The number of ether oxygens (including phenoxy) is 1. The third-order valence-corrected chi connectivity index (χ3v) is 4.60. The molecule has 1 aromatic rings. The molecule has 1 aromatic carbocycles. The molecule has 128 valence electrons. The fraction of sp³-hybridized carbons (Fsp3) is 0.375. The monoisotopic (exact) mass is 336 g/mol. The van der Waals surface area contributed by atoms with Gasteiger partial charge >= 0.3 is 0 Å². The molecule has 5 N–H and O–H groups in total. The third-order valence-electron chi connectivity index (χ3n) is 4.60. The van der Waals surface area contributed by atoms with Gasteiger partial charge in [-0.3, -0.25) is 9.59 Å². The summed E-state index contributed by atoms with van der Waals surface area (Å²) in [7, 11) is 1.31. The second kappa shape index (κ2) is 5.12. The molecule has 24 heavy (non-hydrogen) atoms. The van der Waals surface area contributed by atoms with Crippen LogP contribution in [0.2, 0.25) is 0 Å². The summed E-state index contributed by atoms with van der Waals surface area (Å²) < 4.78 is 4.95. The molecule has 4 atom stereocenters. The zero-order chi connectivity index (χ0) is 18.0. The number of ketones is 2. The highest BCUT2D eigenvalue weighted by Crippen LogP contribution is 2.43. The molecule has 0 fully saturated rings. The molecule has 3 rings (SSSR count). The Kier molecular flexibility index (Phi) is 3.54. The molecule has 8 nitrogen and oxygen atoms in total. The Labute approximate surface area is 136 Å². The van der Waals surface area contributed by atoms with Crippen LogP contribution in [0.3, 0.4) is 0 Å². The molecule has 0 spiro atoms. The highest BCUT2D eigenvalue weighted by Gasteiger charge is 2.55. The number of Topliss-reactive ketones (excluding diaryl/α,β-unsaturated/α-hetero) is 2. The number of hydrogen-bond acceptors (Lipinski definition) is 8. The second-order valence-electron chi connectivity index (χ2n) is 6.07. The first-order valence-corrected chi connectivity index (χ1v) is 7.14. The maximum atomic E-state index is 12.7. The van der Waals surface area contributed by atoms with E-state index in [-0.39, 0.29) is 16.9 Å². The summed E-state index contributed by atoms with van der Waals surface area (Å²) in [6, 6.07) is 2.35. The SMILES string of the molecule is COc1cc(O)c2c(c1)C(=O)C1=C(C2=O)[C@@H](O)[C@@H](O)[C@](C)(O)[C@H]1O. The number of phenols is 1. The molecule has 0 radical (unpaired) electrons. The molecule has 0 saturated carbocycles. The van der Waals surface area contributed by atoms with Gasteiger partial charge in [-0.25, -0.2) is 0 Å². The van der Waals surface area contributed by atoms with Crippen LogP contribution in [0, 0.1) is 0 Å². The maximum Gasteiger partial charge on any atom is 0.196 e. The number of phenolic OH excluding ortho intramolecular Hbond substituents is 1. The van der Waals surface area contributed by atoms with E-state index in [2.05, 4.69) is 0 Å². The van der Waals surface area contributed by atoms with E-state index in [9.17, 15) is 35.1 Å². The predicted octanol–water partition coefficient (Wildman–Crippen LogP) is -1.08. The number of carbonyl (C=O) groups excluding carboxylic acids is 2. The lowest BCUT2D eigenvalue weighted by atomic mass is 9.68. The van der Waals surface area contributed by atoms with E-state index in [1.165, 1.54) is 13.2 Å². The van der Waals surface area contributed by atoms with Crippen LogP contribution in [0.1, 0.15) is 27.6 Å². The van der Waals surface area contributed by atoms with E-state index in [1.807, 2.05) is 0 Å². The van der Waals surface area contributed by atoms with Gasteiger partial charge in [0.1, 0.15) is 35.4 Å². The van der Waals surface area contributed by atoms with Gasteiger partial charge in [0.05, 0.1) is 12.7 Å². The van der Waals surface area contributed by atoms with Crippen molar-refractivity contribution in [2.24, 2.45) is 0 Å². The smallest absolute Gasteiger partial charge is 0.196 e. The minimum atomic E-state index is -2.23. The lowest BCUT2D eigenvalue weighted by Gasteiger charge is -2.43. The molecule has 0 bridgehead atoms. The first-order valence-electron chi connectivity index (χ1n) is 7.14. The van der Waals surface area contributed by atoms with Crippen LogP contribution in [-0.4, -0.2) is 68.1 Å². The summed E-state index contributed by atoms with van der Waals surface area (Å²) in [5, 5.41) is 50.7. The zero-order valence-corrected chi connectivity index (χ0v) is 12.8. The van der Waals surface area contributed by atoms with Crippen LogP contribution < -0.4 is 4.74 Å². The first-order chi connectivity index (χ1) is 11.1. The molecular weight excluding hydrogens is 320 g/mol. The van der Waals surface area contributed by atoms with Crippen molar-refractivity contribution in [1.29, 1.82) is 0 Å². The molecule has 0 unspecified atom stereocenters. The van der Waals surface area contributed by atoms with Crippen LogP contribution in [0.5, 0.6) is 11.5 Å². The van der Waals surface area contributed by atoms with Crippen LogP contribution in [0.25, 0.3) is 0 Å². The molecular formula is C16H16O8. The summed E-state index contributed by atoms with van der Waals surface area (Å²) in [6.45, 7) is 1.05. The van der Waals surface area contributed by atoms with E-state index < -0.39 is 52.4 Å². The van der Waals surface area contributed by atoms with Crippen LogP contribution in [-0.2, 0) is 0 Å². The average molecular weight is 336 g/mol. The Hall–Kier alpha value is -2.26. The van der Waals surface area contributed by atoms with Gasteiger partial charge in [-0.2, -0.15) is 0 Å². The minimum Gasteiger partial charge on any atom is -0.507 e. The number of rotatable bonds is 1. The van der Waals surface area contributed by atoms with Crippen LogP contribution in [0.15, 0.2) is 23.3 Å². The average Bonchev–Trinajstić information content (AvgIpc) is 2.53. The number of hydrogen-bond donors (Lipinski definition) is 5. The number of carbonyl (C=O) groups is 2. The zero-order valence-electron chi connectivity index (χ0n) is 12.8. The van der Waals surface area contributed by atoms with Gasteiger partial charge < -0.3 is 30.3 Å². The third kappa shape index (κ3) is 1.94. The van der Waals surface area contributed by atoms with Crippen molar-refractivity contribution in [3.63, 3.8) is 0 Å². The fourth-order valence-corrected chi connectivity index (χ4v) is 3.16. The molecule has 0 aliphatic heterocycles. The van der Waals surface area contributed by atoms with Gasteiger partial charge in [0.2, 0.25) is 0 Å². The number of aromatic hydroxyl groups is 1. The van der Waals surface area contributed by atoms with Gasteiger partial charge in [0.15, 0.2) is 11.6 Å². The highest BCUT2D eigenvalue weighted by atomic mass is 16.5. The van der Waals surface area contributed by atoms with Crippen molar-refractivity contribution in [2.45, 2.75) is 30.8 Å². The van der Waals surface area contributed by atoms with Gasteiger partial charge in [0, 0.05) is 22.8 Å². The van der Waals surface area contributed by atoms with E-state index in [1.54, 1.807) is 0 Å². The van der Waals surface area contributed by atoms with Gasteiger partial charge in [-0.1, -0.05) is 0 Å². The first kappa shape index (κ1) is 16.6. The summed E-state index contributed by atoms with van der Waals surface area (Å²) in [5.41, 5.74) is -3.82. The Morgan fingerprint density at radius 3 is 2.29 bits per heavy atom. The molecule has 0 aromatic heterocycles. The number of benzene rings is 1. The van der Waals surface area contributed by atoms with E-state index in [0.717, 1.165) is 13.0 Å². The molecule has 0 amide bonds. The molecule has 2 aliphatic carbocycles. The van der Waals surface area contributed by atoms with Gasteiger partial charge in [-0.05, 0) is 13.0 Å². The van der Waals surface area contributed by atoms with Crippen molar-refractivity contribution in [3.05, 3.63) is 34.4 Å². The standard InChI is InChI=1S/C16H16O8/c1-16(23)14(21)10-9(13(20)15(16)22)12(19)8-6(11(10)18)3-5(24-2)4-7(8)17/h3-4,13-15,17,20-23H,1-2H3/t13-,14+,15-,16-/m1/s1. The van der Waals surface area contributed by atoms with Gasteiger partial charge in [0.25, 0.3) is 0 Å². The Bertz CT molecular complexity index is 792. The number of aliphatic hydroxyl groups excluding tert-OH is 3. The van der Waals surface area contributed by atoms with E-state index in [4.69, 9.17) is 4.74 Å². The van der Waals surface area contributed by atoms with Crippen molar-refractivity contribution in [3.8, 4) is 11.5 Å². The maximum absolute atomic E-state index is 12.7. The quantitative estimate of drug-likeness (QED) is 0.436. The van der Waals surface area contributed by atoms with Crippen LogP contribution in [0.4, 0.5) is 0 Å². The van der Waals surface area contributed by atoms with E-state index in [0.29, 0.717) is 0 Å². The largest absolute Gasteiger partial charge is 0.507 e. The number of methoxy groups -OCH3 is 1. The summed E-state index contributed by atoms with van der Waals surface area (Å²) in [4.78, 5) is 25.4. The Morgan fingerprint density at radius 2 is 1.71 bits per heavy atom. The fourth-order valence-electron chi connectivity index (χ4n) is 3.16. The number of fused-ring (bicyclic) bond motifs is 1. The Balaban J connectivity index is 2.29. The summed E-state index contributed by atoms with van der Waals surface area (Å²) >= 11 is 0. The minimum absolute atomic E-state index is 0.120.